The maximum atomic E-state index is 12.3. The van der Waals surface area contributed by atoms with Gasteiger partial charge in [0.25, 0.3) is 0 Å². The number of rotatable bonds is 12. The molecule has 1 aliphatic rings. The first kappa shape index (κ1) is 22.3. The second-order valence-electron chi connectivity index (χ2n) is 6.96. The number of Topliss-reactive ketones (excluding diaryl/α,β-unsaturated/α-hetero) is 2. The third-order valence-electron chi connectivity index (χ3n) is 4.72. The Labute approximate surface area is 156 Å². The second kappa shape index (κ2) is 12.6. The van der Waals surface area contributed by atoms with Gasteiger partial charge in [0.15, 0.2) is 0 Å². The summed E-state index contributed by atoms with van der Waals surface area (Å²) in [4.78, 5) is 47.8. The zero-order valence-corrected chi connectivity index (χ0v) is 16.1. The maximum absolute atomic E-state index is 12.3. The van der Waals surface area contributed by atoms with Gasteiger partial charge in [-0.25, -0.2) is 0 Å². The zero-order valence-electron chi connectivity index (χ0n) is 16.1. The number of ether oxygens (including phenoxy) is 2. The molecule has 0 spiro atoms. The number of hydrogen-bond donors (Lipinski definition) is 0. The lowest BCUT2D eigenvalue weighted by molar-refractivity contribution is -0.147. The number of esters is 2. The van der Waals surface area contributed by atoms with Crippen molar-refractivity contribution in [1.29, 1.82) is 0 Å². The van der Waals surface area contributed by atoms with E-state index in [1.54, 1.807) is 0 Å². The van der Waals surface area contributed by atoms with Gasteiger partial charge >= 0.3 is 11.9 Å². The summed E-state index contributed by atoms with van der Waals surface area (Å²) >= 11 is 0. The van der Waals surface area contributed by atoms with Gasteiger partial charge in [0.2, 0.25) is 0 Å². The number of unbranched alkanes of at least 4 members (excludes halogenated alkanes) is 2. The predicted molar refractivity (Wildman–Crippen MR) is 96.4 cm³/mol. The average Bonchev–Trinajstić information content (AvgIpc) is 2.61. The number of hydrogen-bond acceptors (Lipinski definition) is 6. The summed E-state index contributed by atoms with van der Waals surface area (Å²) in [6, 6.07) is 0. The van der Waals surface area contributed by atoms with Gasteiger partial charge in [-0.05, 0) is 25.7 Å². The van der Waals surface area contributed by atoms with E-state index >= 15 is 0 Å². The van der Waals surface area contributed by atoms with Crippen LogP contribution in [0, 0.1) is 11.8 Å². The standard InChI is InChI=1S/C20H32O6/c1-3-5-11-25-19(23)9-7-15-13-18(22)16(14-17(15)21)8-10-20(24)26-12-6-4-2/h15-16H,3-14H2,1-2H3. The van der Waals surface area contributed by atoms with Gasteiger partial charge in [-0.1, -0.05) is 26.7 Å². The van der Waals surface area contributed by atoms with E-state index in [0.717, 1.165) is 25.7 Å². The normalized spacial score (nSPS) is 20.1. The van der Waals surface area contributed by atoms with Crippen LogP contribution < -0.4 is 0 Å². The molecular formula is C20H32O6. The second-order valence-corrected chi connectivity index (χ2v) is 6.96. The van der Waals surface area contributed by atoms with Crippen molar-refractivity contribution >= 4 is 23.5 Å². The molecule has 1 aliphatic carbocycles. The molecule has 1 fully saturated rings. The third-order valence-corrected chi connectivity index (χ3v) is 4.72. The topological polar surface area (TPSA) is 86.7 Å². The van der Waals surface area contributed by atoms with Gasteiger partial charge < -0.3 is 9.47 Å². The molecule has 0 radical (unpaired) electrons. The molecule has 6 nitrogen and oxygen atoms in total. The first-order valence-corrected chi connectivity index (χ1v) is 9.84. The molecule has 26 heavy (non-hydrogen) atoms. The molecule has 0 heterocycles. The predicted octanol–water partition coefficient (Wildman–Crippen LogP) is 3.40. The van der Waals surface area contributed by atoms with Crippen molar-refractivity contribution in [1.82, 2.24) is 0 Å². The minimum absolute atomic E-state index is 0.00954. The highest BCUT2D eigenvalue weighted by molar-refractivity contribution is 5.96. The van der Waals surface area contributed by atoms with Crippen LogP contribution in [0.2, 0.25) is 0 Å². The first-order chi connectivity index (χ1) is 12.5. The summed E-state index contributed by atoms with van der Waals surface area (Å²) < 4.78 is 10.2. The van der Waals surface area contributed by atoms with E-state index in [-0.39, 0.29) is 49.2 Å². The summed E-state index contributed by atoms with van der Waals surface area (Å²) in [6.45, 7) is 4.84. The minimum Gasteiger partial charge on any atom is -0.466 e. The van der Waals surface area contributed by atoms with Gasteiger partial charge in [-0.2, -0.15) is 0 Å². The Bertz CT molecular complexity index is 441. The Morgan fingerprint density at radius 1 is 0.808 bits per heavy atom. The first-order valence-electron chi connectivity index (χ1n) is 9.84. The van der Waals surface area contributed by atoms with Crippen molar-refractivity contribution in [2.24, 2.45) is 11.8 Å². The summed E-state index contributed by atoms with van der Waals surface area (Å²) in [5.74, 6) is -1.39. The highest BCUT2D eigenvalue weighted by Crippen LogP contribution is 2.29. The Morgan fingerprint density at radius 3 is 1.54 bits per heavy atom. The lowest BCUT2D eigenvalue weighted by atomic mass is 9.76. The molecule has 0 amide bonds. The summed E-state index contributed by atoms with van der Waals surface area (Å²) in [7, 11) is 0. The molecule has 0 aromatic carbocycles. The molecule has 2 atom stereocenters. The van der Waals surface area contributed by atoms with E-state index in [1.165, 1.54) is 0 Å². The quantitative estimate of drug-likeness (QED) is 0.388. The van der Waals surface area contributed by atoms with Gasteiger partial charge in [0.1, 0.15) is 11.6 Å². The maximum Gasteiger partial charge on any atom is 0.305 e. The van der Waals surface area contributed by atoms with Crippen LogP contribution in [0.25, 0.3) is 0 Å². The van der Waals surface area contributed by atoms with E-state index in [9.17, 15) is 19.2 Å². The fourth-order valence-corrected chi connectivity index (χ4v) is 2.96. The molecule has 1 rings (SSSR count). The van der Waals surface area contributed by atoms with Crippen molar-refractivity contribution in [3.05, 3.63) is 0 Å². The molecule has 6 heteroatoms. The Morgan fingerprint density at radius 2 is 1.19 bits per heavy atom. The van der Waals surface area contributed by atoms with Crippen LogP contribution in [0.3, 0.4) is 0 Å². The zero-order chi connectivity index (χ0) is 19.4. The van der Waals surface area contributed by atoms with Gasteiger partial charge in [-0.3, -0.25) is 19.2 Å². The molecular weight excluding hydrogens is 336 g/mol. The van der Waals surface area contributed by atoms with Crippen LogP contribution in [0.15, 0.2) is 0 Å². The van der Waals surface area contributed by atoms with Crippen LogP contribution in [0.4, 0.5) is 0 Å². The summed E-state index contributed by atoms with van der Waals surface area (Å²) in [6.07, 6.45) is 4.96. The molecule has 1 saturated carbocycles. The number of ketones is 2. The van der Waals surface area contributed by atoms with E-state index in [0.29, 0.717) is 26.1 Å². The van der Waals surface area contributed by atoms with Crippen molar-refractivity contribution in [2.75, 3.05) is 13.2 Å². The molecule has 0 aromatic rings. The van der Waals surface area contributed by atoms with Crippen LogP contribution in [-0.2, 0) is 28.7 Å². The molecule has 0 aromatic heterocycles. The van der Waals surface area contributed by atoms with E-state index < -0.39 is 11.8 Å². The molecule has 148 valence electrons. The van der Waals surface area contributed by atoms with Gasteiger partial charge in [0, 0.05) is 37.5 Å². The van der Waals surface area contributed by atoms with Crippen LogP contribution in [-0.4, -0.2) is 36.7 Å². The lowest BCUT2D eigenvalue weighted by Crippen LogP contribution is -2.33. The van der Waals surface area contributed by atoms with Crippen LogP contribution in [0.1, 0.15) is 78.1 Å². The lowest BCUT2D eigenvalue weighted by Gasteiger charge is -2.26. The highest BCUT2D eigenvalue weighted by atomic mass is 16.5. The average molecular weight is 368 g/mol. The molecule has 2 unspecified atom stereocenters. The third kappa shape index (κ3) is 8.59. The monoisotopic (exact) mass is 368 g/mol. The van der Waals surface area contributed by atoms with Crippen molar-refractivity contribution in [2.45, 2.75) is 78.1 Å². The Kier molecular flexibility index (Phi) is 10.8. The minimum atomic E-state index is -0.394. The van der Waals surface area contributed by atoms with Crippen molar-refractivity contribution < 1.29 is 28.7 Å². The van der Waals surface area contributed by atoms with E-state index in [4.69, 9.17) is 9.47 Å². The van der Waals surface area contributed by atoms with Gasteiger partial charge in [-0.15, -0.1) is 0 Å². The molecule has 0 saturated heterocycles. The fraction of sp³-hybridized carbons (Fsp3) is 0.800. The van der Waals surface area contributed by atoms with E-state index in [2.05, 4.69) is 0 Å². The largest absolute Gasteiger partial charge is 0.466 e. The molecule has 0 N–H and O–H groups in total. The molecule has 0 bridgehead atoms. The summed E-state index contributed by atoms with van der Waals surface area (Å²) in [5, 5.41) is 0. The smallest absolute Gasteiger partial charge is 0.305 e. The Hall–Kier alpha value is -1.72. The van der Waals surface area contributed by atoms with E-state index in [1.807, 2.05) is 13.8 Å². The highest BCUT2D eigenvalue weighted by Gasteiger charge is 2.34. The number of carbonyl (C=O) groups excluding carboxylic acids is 4. The van der Waals surface area contributed by atoms with Crippen LogP contribution in [0.5, 0.6) is 0 Å². The summed E-state index contributed by atoms with van der Waals surface area (Å²) in [5.41, 5.74) is 0. The van der Waals surface area contributed by atoms with Crippen LogP contribution >= 0.6 is 0 Å². The van der Waals surface area contributed by atoms with Crippen molar-refractivity contribution in [3.8, 4) is 0 Å². The van der Waals surface area contributed by atoms with Crippen molar-refractivity contribution in [3.63, 3.8) is 0 Å². The number of carbonyl (C=O) groups is 4. The fourth-order valence-electron chi connectivity index (χ4n) is 2.96. The van der Waals surface area contributed by atoms with Gasteiger partial charge in [0.05, 0.1) is 13.2 Å². The Balaban J connectivity index is 2.30. The SMILES string of the molecule is CCCCOC(=O)CCC1CC(=O)C(CCC(=O)OCCCC)CC1=O. The molecule has 0 aliphatic heterocycles.